The molecule has 112 valence electrons. The zero-order chi connectivity index (χ0) is 14.5. The monoisotopic (exact) mass is 356 g/mol. The highest BCUT2D eigenvalue weighted by Crippen LogP contribution is 2.15. The molecule has 1 aromatic heterocycles. The van der Waals surface area contributed by atoms with Crippen molar-refractivity contribution in [3.63, 3.8) is 0 Å². The molecule has 21 heavy (non-hydrogen) atoms. The molecule has 0 saturated heterocycles. The van der Waals surface area contributed by atoms with Gasteiger partial charge < -0.3 is 22.3 Å². The number of nitrogens with one attached hydrogen (secondary N) is 1. The fraction of sp³-hybridized carbons (Fsp3) is 0.200. The van der Waals surface area contributed by atoms with E-state index in [1.165, 1.54) is 0 Å². The Labute approximate surface area is 132 Å². The average molecular weight is 357 g/mol. The molecule has 2 rings (SSSR count). The second kappa shape index (κ2) is 7.83. The van der Waals surface area contributed by atoms with Crippen LogP contribution in [0.15, 0.2) is 42.7 Å². The zero-order valence-corrected chi connectivity index (χ0v) is 13.0. The Bertz CT molecular complexity index is 618. The van der Waals surface area contributed by atoms with Crippen LogP contribution in [0.1, 0.15) is 12.0 Å². The largest absolute Gasteiger partial charge is 1.00 e. The van der Waals surface area contributed by atoms with Crippen LogP contribution in [-0.2, 0) is 11.3 Å². The molecule has 1 N–H and O–H groups in total. The lowest BCUT2D eigenvalue weighted by atomic mass is 10.2. The first kappa shape index (κ1) is 17.2. The van der Waals surface area contributed by atoms with E-state index in [4.69, 9.17) is 0 Å². The predicted octanol–water partition coefficient (Wildman–Crippen LogP) is -0.406. The number of carbonyl (C=O) groups is 1. The Kier molecular flexibility index (Phi) is 6.42. The first-order valence-electron chi connectivity index (χ1n) is 6.25. The minimum absolute atomic E-state index is 0. The van der Waals surface area contributed by atoms with Crippen molar-refractivity contribution in [2.24, 2.45) is 0 Å². The molecule has 0 aliphatic rings. The van der Waals surface area contributed by atoms with Gasteiger partial charge >= 0.3 is 0 Å². The van der Waals surface area contributed by atoms with Crippen molar-refractivity contribution >= 4 is 11.6 Å². The number of rotatable bonds is 4. The summed E-state index contributed by atoms with van der Waals surface area (Å²) in [5.41, 5.74) is 0.997. The Morgan fingerprint density at radius 2 is 1.86 bits per heavy atom. The van der Waals surface area contributed by atoms with E-state index in [9.17, 15) is 13.6 Å². The molecule has 0 atom stereocenters. The second-order valence-electron chi connectivity index (χ2n) is 4.54. The minimum Gasteiger partial charge on any atom is -1.00 e. The molecule has 0 unspecified atom stereocenters. The van der Waals surface area contributed by atoms with Crippen LogP contribution in [0.4, 0.5) is 14.5 Å². The number of amides is 1. The highest BCUT2D eigenvalue weighted by atomic mass is 79.9. The smallest absolute Gasteiger partial charge is 0.230 e. The number of aromatic nitrogens is 1. The van der Waals surface area contributed by atoms with Gasteiger partial charge in [0.1, 0.15) is 11.6 Å². The van der Waals surface area contributed by atoms with Crippen LogP contribution in [0, 0.1) is 18.6 Å². The Balaban J connectivity index is 0.00000220. The number of aryl methyl sites for hydroxylation is 2. The van der Waals surface area contributed by atoms with Crippen molar-refractivity contribution in [3.05, 3.63) is 59.9 Å². The van der Waals surface area contributed by atoms with Gasteiger partial charge in [0, 0.05) is 18.2 Å². The normalized spacial score (nSPS) is 9.86. The van der Waals surface area contributed by atoms with Crippen molar-refractivity contribution in [2.75, 3.05) is 5.32 Å². The maximum Gasteiger partial charge on any atom is 0.230 e. The number of nitrogens with zero attached hydrogens (tertiary/aromatic N) is 1. The molecule has 0 aliphatic carbocycles. The number of hydrogen-bond acceptors (Lipinski definition) is 1. The van der Waals surface area contributed by atoms with E-state index in [0.29, 0.717) is 6.54 Å². The fourth-order valence-corrected chi connectivity index (χ4v) is 1.72. The number of anilines is 1. The Morgan fingerprint density at radius 3 is 2.52 bits per heavy atom. The standard InChI is InChI=1S/C15H14F2N2O.BrH/c1-11-4-7-19(8-5-11)9-6-15(20)18-14-10-12(16)2-3-13(14)17;/h2-5,7-8,10H,6,9H2,1H3;1H. The number of pyridine rings is 1. The van der Waals surface area contributed by atoms with Gasteiger partial charge in [0.25, 0.3) is 0 Å². The molecular formula is C15H15BrF2N2O. The first-order valence-corrected chi connectivity index (χ1v) is 6.25. The molecule has 1 amide bonds. The van der Waals surface area contributed by atoms with E-state index in [0.717, 1.165) is 23.8 Å². The van der Waals surface area contributed by atoms with Gasteiger partial charge in [-0.1, -0.05) is 0 Å². The molecule has 0 spiro atoms. The van der Waals surface area contributed by atoms with Gasteiger partial charge in [-0.15, -0.1) is 0 Å². The Hall–Kier alpha value is -1.82. The maximum absolute atomic E-state index is 13.4. The maximum atomic E-state index is 13.4. The number of hydrogen-bond donors (Lipinski definition) is 1. The lowest BCUT2D eigenvalue weighted by Crippen LogP contribution is -3.00. The summed E-state index contributed by atoms with van der Waals surface area (Å²) in [6, 6.07) is 6.83. The number of carbonyl (C=O) groups excluding carboxylic acids is 1. The number of halogens is 3. The van der Waals surface area contributed by atoms with Gasteiger partial charge in [-0.3, -0.25) is 4.79 Å². The summed E-state index contributed by atoms with van der Waals surface area (Å²) >= 11 is 0. The summed E-state index contributed by atoms with van der Waals surface area (Å²) < 4.78 is 28.2. The van der Waals surface area contributed by atoms with Crippen LogP contribution < -0.4 is 26.9 Å². The molecule has 0 saturated carbocycles. The third-order valence-electron chi connectivity index (χ3n) is 2.86. The second-order valence-corrected chi connectivity index (χ2v) is 4.54. The molecular weight excluding hydrogens is 342 g/mol. The van der Waals surface area contributed by atoms with E-state index in [-0.39, 0.29) is 35.0 Å². The van der Waals surface area contributed by atoms with Gasteiger partial charge in [-0.05, 0) is 24.6 Å². The molecule has 0 aliphatic heterocycles. The molecule has 1 heterocycles. The van der Waals surface area contributed by atoms with Crippen LogP contribution in [0.2, 0.25) is 0 Å². The van der Waals surface area contributed by atoms with E-state index in [1.807, 2.05) is 36.0 Å². The molecule has 0 bridgehead atoms. The van der Waals surface area contributed by atoms with E-state index < -0.39 is 11.6 Å². The minimum atomic E-state index is -0.650. The quantitative estimate of drug-likeness (QED) is 0.742. The third kappa shape index (κ3) is 5.23. The molecule has 3 nitrogen and oxygen atoms in total. The summed E-state index contributed by atoms with van der Waals surface area (Å²) in [5.74, 6) is -1.60. The van der Waals surface area contributed by atoms with Crippen molar-refractivity contribution in [1.29, 1.82) is 0 Å². The van der Waals surface area contributed by atoms with Gasteiger partial charge in [-0.25, -0.2) is 13.3 Å². The Morgan fingerprint density at radius 1 is 1.19 bits per heavy atom. The highest BCUT2D eigenvalue weighted by molar-refractivity contribution is 5.90. The highest BCUT2D eigenvalue weighted by Gasteiger charge is 2.10. The fourth-order valence-electron chi connectivity index (χ4n) is 1.72. The third-order valence-corrected chi connectivity index (χ3v) is 2.86. The molecule has 2 aromatic rings. The SMILES string of the molecule is Cc1cc[n+](CCC(=O)Nc2cc(F)ccc2F)cc1.[Br-]. The van der Waals surface area contributed by atoms with Crippen LogP contribution in [0.5, 0.6) is 0 Å². The van der Waals surface area contributed by atoms with Crippen molar-refractivity contribution < 1.29 is 35.1 Å². The topological polar surface area (TPSA) is 33.0 Å². The predicted molar refractivity (Wildman–Crippen MR) is 71.0 cm³/mol. The lowest BCUT2D eigenvalue weighted by Gasteiger charge is -2.05. The van der Waals surface area contributed by atoms with Crippen LogP contribution in [0.25, 0.3) is 0 Å². The zero-order valence-electron chi connectivity index (χ0n) is 11.4. The summed E-state index contributed by atoms with van der Waals surface area (Å²) in [7, 11) is 0. The lowest BCUT2D eigenvalue weighted by molar-refractivity contribution is -0.695. The van der Waals surface area contributed by atoms with Gasteiger partial charge in [0.2, 0.25) is 5.91 Å². The molecule has 0 fully saturated rings. The van der Waals surface area contributed by atoms with Gasteiger partial charge in [-0.2, -0.15) is 0 Å². The van der Waals surface area contributed by atoms with Gasteiger partial charge in [0.05, 0.1) is 12.1 Å². The van der Waals surface area contributed by atoms with E-state index in [2.05, 4.69) is 5.32 Å². The molecule has 6 heteroatoms. The van der Waals surface area contributed by atoms with Crippen molar-refractivity contribution in [3.8, 4) is 0 Å². The number of benzene rings is 1. The summed E-state index contributed by atoms with van der Waals surface area (Å²) in [6.45, 7) is 2.45. The van der Waals surface area contributed by atoms with Crippen LogP contribution >= 0.6 is 0 Å². The first-order chi connectivity index (χ1) is 9.54. The van der Waals surface area contributed by atoms with Crippen LogP contribution in [-0.4, -0.2) is 5.91 Å². The molecule has 1 aromatic carbocycles. The van der Waals surface area contributed by atoms with Crippen molar-refractivity contribution in [1.82, 2.24) is 0 Å². The summed E-state index contributed by atoms with van der Waals surface area (Å²) in [5, 5.41) is 2.37. The van der Waals surface area contributed by atoms with Crippen molar-refractivity contribution in [2.45, 2.75) is 19.9 Å². The average Bonchev–Trinajstić information content (AvgIpc) is 2.42. The molecule has 0 radical (unpaired) electrons. The summed E-state index contributed by atoms with van der Waals surface area (Å²) in [4.78, 5) is 11.7. The van der Waals surface area contributed by atoms with E-state index >= 15 is 0 Å². The summed E-state index contributed by atoms with van der Waals surface area (Å²) in [6.07, 6.45) is 3.92. The van der Waals surface area contributed by atoms with Crippen LogP contribution in [0.3, 0.4) is 0 Å². The van der Waals surface area contributed by atoms with Gasteiger partial charge in [0.15, 0.2) is 18.9 Å². The van der Waals surface area contributed by atoms with E-state index in [1.54, 1.807) is 0 Å².